The van der Waals surface area contributed by atoms with Gasteiger partial charge in [-0.05, 0) is 26.2 Å². The average molecular weight is 297 g/mol. The highest BCUT2D eigenvalue weighted by molar-refractivity contribution is 7.11. The van der Waals surface area contributed by atoms with Crippen LogP contribution in [0.2, 0.25) is 0 Å². The second kappa shape index (κ2) is 6.69. The number of likely N-dealkylation sites (tertiary alicyclic amines) is 1. The maximum absolute atomic E-state index is 12.2. The van der Waals surface area contributed by atoms with Gasteiger partial charge < -0.3 is 15.3 Å². The number of carbonyl (C=O) groups excluding carboxylic acids is 1. The Bertz CT molecular complexity index is 489. The minimum atomic E-state index is -0.854. The van der Waals surface area contributed by atoms with Gasteiger partial charge in [0, 0.05) is 23.7 Å². The number of piperidine rings is 1. The summed E-state index contributed by atoms with van der Waals surface area (Å²) in [5, 5.41) is 12.7. The number of carbonyl (C=O) groups is 2. The van der Waals surface area contributed by atoms with Gasteiger partial charge in [0.25, 0.3) is 0 Å². The van der Waals surface area contributed by atoms with Gasteiger partial charge in [0.05, 0.1) is 18.0 Å². The van der Waals surface area contributed by atoms with Crippen LogP contribution in [0.15, 0.2) is 6.20 Å². The fourth-order valence-corrected chi connectivity index (χ4v) is 3.17. The molecule has 0 bridgehead atoms. The van der Waals surface area contributed by atoms with Crippen LogP contribution in [0.1, 0.15) is 35.6 Å². The van der Waals surface area contributed by atoms with E-state index in [4.69, 9.17) is 5.11 Å². The maximum Gasteiger partial charge on any atom is 0.317 e. The van der Waals surface area contributed by atoms with Gasteiger partial charge in [-0.3, -0.25) is 4.79 Å². The highest BCUT2D eigenvalue weighted by atomic mass is 32.1. The van der Waals surface area contributed by atoms with Crippen molar-refractivity contribution >= 4 is 23.3 Å². The molecule has 1 aromatic rings. The Morgan fingerprint density at radius 3 is 3.00 bits per heavy atom. The molecule has 0 saturated carbocycles. The molecule has 6 nitrogen and oxygen atoms in total. The Kier molecular flexibility index (Phi) is 4.94. The van der Waals surface area contributed by atoms with Crippen LogP contribution in [-0.2, 0) is 11.3 Å². The number of hydrogen-bond acceptors (Lipinski definition) is 4. The number of hydrogen-bond donors (Lipinski definition) is 2. The third-order valence-electron chi connectivity index (χ3n) is 3.38. The molecule has 1 aliphatic heterocycles. The lowest BCUT2D eigenvalue weighted by Crippen LogP contribution is -2.49. The number of amides is 2. The molecular weight excluding hydrogens is 278 g/mol. The van der Waals surface area contributed by atoms with E-state index in [9.17, 15) is 9.59 Å². The Balaban J connectivity index is 1.90. The molecule has 0 aromatic carbocycles. The number of carboxylic acids is 1. The summed E-state index contributed by atoms with van der Waals surface area (Å²) in [6.07, 6.45) is 4.46. The number of nitrogens with zero attached hydrogens (tertiary/aromatic N) is 2. The van der Waals surface area contributed by atoms with E-state index < -0.39 is 5.97 Å². The van der Waals surface area contributed by atoms with Gasteiger partial charge in [0.15, 0.2) is 0 Å². The molecule has 2 heterocycles. The quantitative estimate of drug-likeness (QED) is 0.890. The zero-order chi connectivity index (χ0) is 14.5. The zero-order valence-electron chi connectivity index (χ0n) is 11.5. The number of nitrogens with one attached hydrogen (secondary N) is 1. The average Bonchev–Trinajstić information content (AvgIpc) is 2.82. The molecule has 1 saturated heterocycles. The molecular formula is C13H19N3O3S. The summed E-state index contributed by atoms with van der Waals surface area (Å²) in [7, 11) is 0. The molecule has 1 unspecified atom stereocenters. The standard InChI is InChI=1S/C13H19N3O3S/c1-9-14-7-11(20-9)8-15-13(19)16-5-3-2-4-10(16)6-12(17)18/h7,10H,2-6,8H2,1H3,(H,15,19)(H,17,18). The fourth-order valence-electron chi connectivity index (χ4n) is 2.43. The van der Waals surface area contributed by atoms with E-state index in [0.717, 1.165) is 29.1 Å². The number of aromatic nitrogens is 1. The van der Waals surface area contributed by atoms with Crippen LogP contribution >= 0.6 is 11.3 Å². The molecule has 0 spiro atoms. The molecule has 1 fully saturated rings. The van der Waals surface area contributed by atoms with E-state index in [-0.39, 0.29) is 18.5 Å². The van der Waals surface area contributed by atoms with Crippen molar-refractivity contribution in [2.24, 2.45) is 0 Å². The highest BCUT2D eigenvalue weighted by Crippen LogP contribution is 2.20. The third kappa shape index (κ3) is 3.93. The fraction of sp³-hybridized carbons (Fsp3) is 0.615. The molecule has 0 radical (unpaired) electrons. The van der Waals surface area contributed by atoms with Gasteiger partial charge in [-0.15, -0.1) is 11.3 Å². The van der Waals surface area contributed by atoms with Crippen molar-refractivity contribution in [3.63, 3.8) is 0 Å². The van der Waals surface area contributed by atoms with Crippen LogP contribution < -0.4 is 5.32 Å². The van der Waals surface area contributed by atoms with Crippen molar-refractivity contribution in [2.75, 3.05) is 6.54 Å². The number of thiazole rings is 1. The lowest BCUT2D eigenvalue weighted by Gasteiger charge is -2.34. The zero-order valence-corrected chi connectivity index (χ0v) is 12.3. The summed E-state index contributed by atoms with van der Waals surface area (Å²) < 4.78 is 0. The highest BCUT2D eigenvalue weighted by Gasteiger charge is 2.28. The van der Waals surface area contributed by atoms with Gasteiger partial charge in [0.2, 0.25) is 0 Å². The van der Waals surface area contributed by atoms with Crippen LogP contribution in [0.25, 0.3) is 0 Å². The predicted molar refractivity (Wildman–Crippen MR) is 75.7 cm³/mol. The van der Waals surface area contributed by atoms with Gasteiger partial charge in [-0.1, -0.05) is 0 Å². The van der Waals surface area contributed by atoms with Crippen LogP contribution in [0.4, 0.5) is 4.79 Å². The Labute approximate surface area is 121 Å². The van der Waals surface area contributed by atoms with Crippen molar-refractivity contribution in [1.29, 1.82) is 0 Å². The maximum atomic E-state index is 12.2. The van der Waals surface area contributed by atoms with Crippen molar-refractivity contribution in [2.45, 2.75) is 45.2 Å². The minimum absolute atomic E-state index is 0.0209. The molecule has 20 heavy (non-hydrogen) atoms. The van der Waals surface area contributed by atoms with Crippen molar-refractivity contribution in [1.82, 2.24) is 15.2 Å². The SMILES string of the molecule is Cc1ncc(CNC(=O)N2CCCCC2CC(=O)O)s1. The monoisotopic (exact) mass is 297 g/mol. The molecule has 110 valence electrons. The summed E-state index contributed by atoms with van der Waals surface area (Å²) in [5.41, 5.74) is 0. The summed E-state index contributed by atoms with van der Waals surface area (Å²) >= 11 is 1.55. The number of carboxylic acid groups (broad SMARTS) is 1. The smallest absolute Gasteiger partial charge is 0.317 e. The van der Waals surface area contributed by atoms with Crippen LogP contribution in [-0.4, -0.2) is 39.6 Å². The molecule has 0 aliphatic carbocycles. The lowest BCUT2D eigenvalue weighted by atomic mass is 10.00. The summed E-state index contributed by atoms with van der Waals surface area (Å²) in [4.78, 5) is 29.8. The summed E-state index contributed by atoms with van der Waals surface area (Å²) in [6.45, 7) is 3.00. The van der Waals surface area contributed by atoms with Crippen molar-refractivity contribution in [3.8, 4) is 0 Å². The normalized spacial score (nSPS) is 18.9. The molecule has 1 atom stereocenters. The van der Waals surface area contributed by atoms with Crippen LogP contribution in [0.3, 0.4) is 0 Å². The van der Waals surface area contributed by atoms with Gasteiger partial charge >= 0.3 is 12.0 Å². The first kappa shape index (κ1) is 14.8. The minimum Gasteiger partial charge on any atom is -0.481 e. The first-order valence-electron chi connectivity index (χ1n) is 6.74. The molecule has 2 rings (SSSR count). The molecule has 2 N–H and O–H groups in total. The number of urea groups is 1. The van der Waals surface area contributed by atoms with E-state index in [1.54, 1.807) is 22.4 Å². The number of aliphatic carboxylic acids is 1. The molecule has 2 amide bonds. The predicted octanol–water partition coefficient (Wildman–Crippen LogP) is 1.99. The topological polar surface area (TPSA) is 82.5 Å². The van der Waals surface area contributed by atoms with E-state index in [1.807, 2.05) is 6.92 Å². The lowest BCUT2D eigenvalue weighted by molar-refractivity contribution is -0.138. The van der Waals surface area contributed by atoms with Gasteiger partial charge in [0.1, 0.15) is 0 Å². The van der Waals surface area contributed by atoms with E-state index in [2.05, 4.69) is 10.3 Å². The largest absolute Gasteiger partial charge is 0.481 e. The Hall–Kier alpha value is -1.63. The summed E-state index contributed by atoms with van der Waals surface area (Å²) in [6, 6.07) is -0.369. The first-order valence-corrected chi connectivity index (χ1v) is 7.55. The third-order valence-corrected chi connectivity index (χ3v) is 4.29. The van der Waals surface area contributed by atoms with Crippen molar-refractivity contribution in [3.05, 3.63) is 16.1 Å². The first-order chi connectivity index (χ1) is 9.56. The van der Waals surface area contributed by atoms with E-state index in [1.165, 1.54) is 0 Å². The Morgan fingerprint density at radius 1 is 1.55 bits per heavy atom. The summed E-state index contributed by atoms with van der Waals surface area (Å²) in [5.74, 6) is -0.854. The van der Waals surface area contributed by atoms with Gasteiger partial charge in [-0.2, -0.15) is 0 Å². The van der Waals surface area contributed by atoms with Crippen LogP contribution in [0.5, 0.6) is 0 Å². The van der Waals surface area contributed by atoms with E-state index in [0.29, 0.717) is 13.1 Å². The second-order valence-electron chi connectivity index (χ2n) is 4.95. The van der Waals surface area contributed by atoms with Crippen LogP contribution in [0, 0.1) is 6.92 Å². The molecule has 1 aromatic heterocycles. The molecule has 1 aliphatic rings. The molecule has 7 heteroatoms. The van der Waals surface area contributed by atoms with Gasteiger partial charge in [-0.25, -0.2) is 9.78 Å². The number of rotatable bonds is 4. The second-order valence-corrected chi connectivity index (χ2v) is 6.26. The number of aryl methyl sites for hydroxylation is 1. The van der Waals surface area contributed by atoms with Crippen molar-refractivity contribution < 1.29 is 14.7 Å². The Morgan fingerprint density at radius 2 is 2.35 bits per heavy atom. The van der Waals surface area contributed by atoms with E-state index >= 15 is 0 Å².